The first-order chi connectivity index (χ1) is 12.9. The lowest BCUT2D eigenvalue weighted by atomic mass is 10.1. The molecule has 146 valence electrons. The summed E-state index contributed by atoms with van der Waals surface area (Å²) in [4.78, 5) is 28.1. The lowest BCUT2D eigenvalue weighted by molar-refractivity contribution is -0.121. The first-order valence-corrected chi connectivity index (χ1v) is 9.44. The van der Waals surface area contributed by atoms with Crippen molar-refractivity contribution in [3.05, 3.63) is 40.7 Å². The fourth-order valence-electron chi connectivity index (χ4n) is 2.88. The van der Waals surface area contributed by atoms with E-state index in [2.05, 4.69) is 21.6 Å². The van der Waals surface area contributed by atoms with Crippen molar-refractivity contribution in [2.24, 2.45) is 0 Å². The van der Waals surface area contributed by atoms with Gasteiger partial charge in [0.25, 0.3) is 5.91 Å². The molecule has 7 heteroatoms. The highest BCUT2D eigenvalue weighted by atomic mass is 16.2. The largest absolute Gasteiger partial charge is 0.355 e. The van der Waals surface area contributed by atoms with Crippen LogP contribution in [0.2, 0.25) is 0 Å². The molecule has 0 aliphatic carbocycles. The first kappa shape index (κ1) is 20.6. The molecule has 1 heterocycles. The Morgan fingerprint density at radius 2 is 1.85 bits per heavy atom. The highest BCUT2D eigenvalue weighted by molar-refractivity contribution is 5.95. The fourth-order valence-corrected chi connectivity index (χ4v) is 2.88. The molecule has 0 unspecified atom stereocenters. The van der Waals surface area contributed by atoms with Crippen LogP contribution in [-0.4, -0.2) is 51.3 Å². The first-order valence-electron chi connectivity index (χ1n) is 9.44. The Labute approximate surface area is 160 Å². The van der Waals surface area contributed by atoms with E-state index in [4.69, 9.17) is 0 Å². The summed E-state index contributed by atoms with van der Waals surface area (Å²) in [5.74, 6) is -0.421. The molecular weight excluding hydrogens is 342 g/mol. The van der Waals surface area contributed by atoms with Gasteiger partial charge in [-0.05, 0) is 45.2 Å². The zero-order valence-corrected chi connectivity index (χ0v) is 16.9. The van der Waals surface area contributed by atoms with Gasteiger partial charge >= 0.3 is 0 Å². The molecule has 0 aliphatic rings. The summed E-state index contributed by atoms with van der Waals surface area (Å²) in [6.45, 7) is 10.9. The maximum atomic E-state index is 13.0. The molecule has 0 saturated heterocycles. The second-order valence-corrected chi connectivity index (χ2v) is 6.79. The molecule has 1 aromatic heterocycles. The van der Waals surface area contributed by atoms with Crippen LogP contribution in [0.15, 0.2) is 18.2 Å². The Morgan fingerprint density at radius 1 is 1.11 bits per heavy atom. The summed E-state index contributed by atoms with van der Waals surface area (Å²) >= 11 is 0. The van der Waals surface area contributed by atoms with Crippen LogP contribution >= 0.6 is 0 Å². The van der Waals surface area contributed by atoms with Crippen LogP contribution in [0.5, 0.6) is 0 Å². The number of carbonyl (C=O) groups is 2. The van der Waals surface area contributed by atoms with Crippen LogP contribution in [0, 0.1) is 20.8 Å². The minimum atomic E-state index is -0.267. The molecular formula is C20H29N5O2. The van der Waals surface area contributed by atoms with E-state index in [1.54, 1.807) is 6.92 Å². The van der Waals surface area contributed by atoms with Gasteiger partial charge in [-0.2, -0.15) is 9.90 Å². The standard InChI is InChI=1S/C20H29N5O2/c1-6-10-21-18(26)13-24(11-7-2)20(27)19-16(5)22-25(23-19)17-9-8-14(3)12-15(17)4/h8-9,12H,6-7,10-11,13H2,1-5H3,(H,21,26). The van der Waals surface area contributed by atoms with Gasteiger partial charge in [-0.1, -0.05) is 31.5 Å². The zero-order valence-electron chi connectivity index (χ0n) is 16.9. The highest BCUT2D eigenvalue weighted by Crippen LogP contribution is 2.16. The molecule has 0 radical (unpaired) electrons. The van der Waals surface area contributed by atoms with Crippen LogP contribution < -0.4 is 5.32 Å². The Kier molecular flexibility index (Phi) is 7.10. The number of nitrogens with zero attached hydrogens (tertiary/aromatic N) is 4. The normalized spacial score (nSPS) is 10.7. The molecule has 0 fully saturated rings. The number of aromatic nitrogens is 3. The predicted octanol–water partition coefficient (Wildman–Crippen LogP) is 2.57. The van der Waals surface area contributed by atoms with Crippen molar-refractivity contribution >= 4 is 11.8 Å². The summed E-state index contributed by atoms with van der Waals surface area (Å²) < 4.78 is 0. The average Bonchev–Trinajstić information content (AvgIpc) is 3.00. The molecule has 0 saturated carbocycles. The van der Waals surface area contributed by atoms with Gasteiger partial charge in [-0.3, -0.25) is 9.59 Å². The third-order valence-electron chi connectivity index (χ3n) is 4.24. The number of aryl methyl sites for hydroxylation is 3. The van der Waals surface area contributed by atoms with E-state index in [1.165, 1.54) is 9.70 Å². The summed E-state index contributed by atoms with van der Waals surface area (Å²) in [5.41, 5.74) is 3.87. The van der Waals surface area contributed by atoms with E-state index in [9.17, 15) is 9.59 Å². The fraction of sp³-hybridized carbons (Fsp3) is 0.500. The lowest BCUT2D eigenvalue weighted by Gasteiger charge is -2.20. The number of benzene rings is 1. The highest BCUT2D eigenvalue weighted by Gasteiger charge is 2.24. The predicted molar refractivity (Wildman–Crippen MR) is 105 cm³/mol. The van der Waals surface area contributed by atoms with Gasteiger partial charge in [0.2, 0.25) is 5.91 Å². The Morgan fingerprint density at radius 3 is 2.48 bits per heavy atom. The third-order valence-corrected chi connectivity index (χ3v) is 4.24. The minimum Gasteiger partial charge on any atom is -0.355 e. The smallest absolute Gasteiger partial charge is 0.276 e. The van der Waals surface area contributed by atoms with E-state index in [0.717, 1.165) is 29.7 Å². The van der Waals surface area contributed by atoms with Gasteiger partial charge in [-0.25, -0.2) is 0 Å². The summed E-state index contributed by atoms with van der Waals surface area (Å²) in [5, 5.41) is 11.7. The number of nitrogens with one attached hydrogen (secondary N) is 1. The molecule has 0 aliphatic heterocycles. The molecule has 2 amide bonds. The summed E-state index contributed by atoms with van der Waals surface area (Å²) in [7, 11) is 0. The molecule has 0 bridgehead atoms. The van der Waals surface area contributed by atoms with Crippen molar-refractivity contribution in [1.82, 2.24) is 25.2 Å². The van der Waals surface area contributed by atoms with Gasteiger partial charge < -0.3 is 10.2 Å². The number of rotatable bonds is 8. The second kappa shape index (κ2) is 9.30. The van der Waals surface area contributed by atoms with Gasteiger partial charge in [0.15, 0.2) is 5.69 Å². The molecule has 7 nitrogen and oxygen atoms in total. The Hall–Kier alpha value is -2.70. The van der Waals surface area contributed by atoms with Crippen molar-refractivity contribution in [2.45, 2.75) is 47.5 Å². The molecule has 0 atom stereocenters. The number of carbonyl (C=O) groups excluding carboxylic acids is 2. The number of hydrogen-bond donors (Lipinski definition) is 1. The quantitative estimate of drug-likeness (QED) is 0.773. The minimum absolute atomic E-state index is 0.0303. The van der Waals surface area contributed by atoms with E-state index in [-0.39, 0.29) is 24.1 Å². The van der Waals surface area contributed by atoms with Crippen LogP contribution in [0.4, 0.5) is 0 Å². The van der Waals surface area contributed by atoms with Crippen LogP contribution in [-0.2, 0) is 4.79 Å². The molecule has 1 aromatic carbocycles. The van der Waals surface area contributed by atoms with Crippen LogP contribution in [0.3, 0.4) is 0 Å². The summed E-state index contributed by atoms with van der Waals surface area (Å²) in [6, 6.07) is 5.99. The Bertz CT molecular complexity index is 813. The maximum Gasteiger partial charge on any atom is 0.276 e. The molecule has 1 N–H and O–H groups in total. The van der Waals surface area contributed by atoms with E-state index in [0.29, 0.717) is 18.8 Å². The maximum absolute atomic E-state index is 13.0. The van der Waals surface area contributed by atoms with Crippen LogP contribution in [0.25, 0.3) is 5.69 Å². The van der Waals surface area contributed by atoms with Crippen LogP contribution in [0.1, 0.15) is 54.0 Å². The molecule has 2 rings (SSSR count). The Balaban J connectivity index is 2.25. The van der Waals surface area contributed by atoms with Gasteiger partial charge in [0, 0.05) is 13.1 Å². The van der Waals surface area contributed by atoms with E-state index >= 15 is 0 Å². The van der Waals surface area contributed by atoms with Crippen molar-refractivity contribution < 1.29 is 9.59 Å². The topological polar surface area (TPSA) is 80.1 Å². The van der Waals surface area contributed by atoms with Crippen molar-refractivity contribution in [3.8, 4) is 5.69 Å². The van der Waals surface area contributed by atoms with Crippen molar-refractivity contribution in [2.75, 3.05) is 19.6 Å². The van der Waals surface area contributed by atoms with Gasteiger partial charge in [0.1, 0.15) is 0 Å². The lowest BCUT2D eigenvalue weighted by Crippen LogP contribution is -2.41. The van der Waals surface area contributed by atoms with Gasteiger partial charge in [0.05, 0.1) is 17.9 Å². The van der Waals surface area contributed by atoms with E-state index < -0.39 is 0 Å². The monoisotopic (exact) mass is 371 g/mol. The molecule has 2 aromatic rings. The number of hydrogen-bond acceptors (Lipinski definition) is 4. The summed E-state index contributed by atoms with van der Waals surface area (Å²) in [6.07, 6.45) is 1.62. The van der Waals surface area contributed by atoms with Gasteiger partial charge in [-0.15, -0.1) is 5.10 Å². The zero-order chi connectivity index (χ0) is 20.0. The molecule has 0 spiro atoms. The van der Waals surface area contributed by atoms with Crippen molar-refractivity contribution in [1.29, 1.82) is 0 Å². The second-order valence-electron chi connectivity index (χ2n) is 6.79. The van der Waals surface area contributed by atoms with E-state index in [1.807, 2.05) is 39.8 Å². The third kappa shape index (κ3) is 5.15. The SMILES string of the molecule is CCCNC(=O)CN(CCC)C(=O)c1nn(-c2ccc(C)cc2C)nc1C. The number of amides is 2. The average molecular weight is 371 g/mol. The molecule has 27 heavy (non-hydrogen) atoms. The van der Waals surface area contributed by atoms with Crippen molar-refractivity contribution in [3.63, 3.8) is 0 Å².